The Morgan fingerprint density at radius 2 is 2.00 bits per heavy atom. The van der Waals surface area contributed by atoms with Crippen molar-refractivity contribution < 1.29 is 14.2 Å². The van der Waals surface area contributed by atoms with Crippen LogP contribution in [0.3, 0.4) is 0 Å². The molecule has 1 aromatic rings. The minimum absolute atomic E-state index is 0.0249. The van der Waals surface area contributed by atoms with Crippen molar-refractivity contribution in [2.75, 3.05) is 39.3 Å². The van der Waals surface area contributed by atoms with Gasteiger partial charge in [0.2, 0.25) is 0 Å². The van der Waals surface area contributed by atoms with E-state index >= 15 is 0 Å². The molecule has 0 spiro atoms. The maximum atomic E-state index is 7.70. The van der Waals surface area contributed by atoms with Crippen LogP contribution in [0, 0.1) is 5.41 Å². The van der Waals surface area contributed by atoms with Crippen LogP contribution >= 0.6 is 11.8 Å². The molecule has 0 fully saturated rings. The predicted molar refractivity (Wildman–Crippen MR) is 82.0 cm³/mol. The molecule has 0 bridgehead atoms. The summed E-state index contributed by atoms with van der Waals surface area (Å²) in [7, 11) is 1.63. The molecular weight excluding hydrogens is 276 g/mol. The van der Waals surface area contributed by atoms with Crippen LogP contribution in [0.5, 0.6) is 5.75 Å². The molecule has 1 rings (SSSR count). The summed E-state index contributed by atoms with van der Waals surface area (Å²) in [6, 6.07) is 5.68. The lowest BCUT2D eigenvalue weighted by Gasteiger charge is -2.14. The molecule has 112 valence electrons. The average molecular weight is 298 g/mol. The van der Waals surface area contributed by atoms with Gasteiger partial charge in [-0.05, 0) is 17.9 Å². The van der Waals surface area contributed by atoms with Gasteiger partial charge in [-0.3, -0.25) is 5.41 Å². The molecule has 0 aliphatic carbocycles. The standard InChI is InChI=1S/C14H22N2O3S/c1-3-20-12-6-4-5-11(13(12)14(15)16)19-10-9-18-8-7-17-2/h4-6H,3,7-10H2,1-2H3,(H3,15,16). The van der Waals surface area contributed by atoms with Gasteiger partial charge in [0, 0.05) is 12.0 Å². The largest absolute Gasteiger partial charge is 0.490 e. The Labute approximate surface area is 124 Å². The number of methoxy groups -OCH3 is 1. The maximum absolute atomic E-state index is 7.70. The number of rotatable bonds is 10. The third-order valence-electron chi connectivity index (χ3n) is 2.47. The predicted octanol–water partition coefficient (Wildman–Crippen LogP) is 2.12. The molecule has 0 heterocycles. The molecule has 3 N–H and O–H groups in total. The Kier molecular flexibility index (Phi) is 8.10. The van der Waals surface area contributed by atoms with E-state index in [0.717, 1.165) is 10.6 Å². The Balaban J connectivity index is 2.60. The molecule has 0 radical (unpaired) electrons. The monoisotopic (exact) mass is 298 g/mol. The second-order valence-corrected chi connectivity index (χ2v) is 5.24. The molecule has 6 heteroatoms. The summed E-state index contributed by atoms with van der Waals surface area (Å²) in [6.45, 7) is 4.08. The first kappa shape index (κ1) is 16.8. The summed E-state index contributed by atoms with van der Waals surface area (Å²) < 4.78 is 15.9. The molecule has 0 aromatic heterocycles. The number of nitrogens with one attached hydrogen (secondary N) is 1. The Hall–Kier alpha value is -1.24. The number of ether oxygens (including phenoxy) is 3. The smallest absolute Gasteiger partial charge is 0.131 e. The molecule has 0 atom stereocenters. The molecule has 0 aliphatic rings. The van der Waals surface area contributed by atoms with E-state index in [4.69, 9.17) is 25.4 Å². The van der Waals surface area contributed by atoms with Crippen molar-refractivity contribution in [2.24, 2.45) is 5.73 Å². The molecule has 0 aliphatic heterocycles. The number of nitrogens with two attached hydrogens (primary N) is 1. The highest BCUT2D eigenvalue weighted by atomic mass is 32.2. The van der Waals surface area contributed by atoms with Crippen molar-refractivity contribution >= 4 is 17.6 Å². The highest BCUT2D eigenvalue weighted by Gasteiger charge is 2.12. The van der Waals surface area contributed by atoms with Crippen LogP contribution in [0.2, 0.25) is 0 Å². The van der Waals surface area contributed by atoms with Crippen LogP contribution in [-0.2, 0) is 9.47 Å². The van der Waals surface area contributed by atoms with E-state index in [0.29, 0.717) is 37.7 Å². The summed E-state index contributed by atoms with van der Waals surface area (Å²) in [5.41, 5.74) is 6.32. The summed E-state index contributed by atoms with van der Waals surface area (Å²) in [6.07, 6.45) is 0. The van der Waals surface area contributed by atoms with E-state index < -0.39 is 0 Å². The van der Waals surface area contributed by atoms with Crippen LogP contribution in [-0.4, -0.2) is 45.1 Å². The zero-order valence-corrected chi connectivity index (χ0v) is 12.8. The molecule has 0 amide bonds. The number of thioether (sulfide) groups is 1. The number of amidine groups is 1. The van der Waals surface area contributed by atoms with Gasteiger partial charge in [-0.25, -0.2) is 0 Å². The highest BCUT2D eigenvalue weighted by Crippen LogP contribution is 2.29. The molecule has 5 nitrogen and oxygen atoms in total. The summed E-state index contributed by atoms with van der Waals surface area (Å²) in [5, 5.41) is 7.70. The van der Waals surface area contributed by atoms with Gasteiger partial charge < -0.3 is 19.9 Å². The second kappa shape index (κ2) is 9.63. The van der Waals surface area contributed by atoms with Gasteiger partial charge in [0.1, 0.15) is 18.2 Å². The molecule has 0 unspecified atom stereocenters. The van der Waals surface area contributed by atoms with Gasteiger partial charge in [-0.15, -0.1) is 11.8 Å². The third kappa shape index (κ3) is 5.40. The van der Waals surface area contributed by atoms with Crippen molar-refractivity contribution in [3.8, 4) is 5.75 Å². The van der Waals surface area contributed by atoms with E-state index in [9.17, 15) is 0 Å². The summed E-state index contributed by atoms with van der Waals surface area (Å²) >= 11 is 1.65. The average Bonchev–Trinajstić information content (AvgIpc) is 2.43. The zero-order chi connectivity index (χ0) is 14.8. The van der Waals surface area contributed by atoms with Gasteiger partial charge >= 0.3 is 0 Å². The van der Waals surface area contributed by atoms with Crippen molar-refractivity contribution in [3.63, 3.8) is 0 Å². The molecule has 20 heavy (non-hydrogen) atoms. The fourth-order valence-electron chi connectivity index (χ4n) is 1.63. The highest BCUT2D eigenvalue weighted by molar-refractivity contribution is 7.99. The second-order valence-electron chi connectivity index (χ2n) is 3.93. The topological polar surface area (TPSA) is 77.6 Å². The van der Waals surface area contributed by atoms with Crippen LogP contribution in [0.15, 0.2) is 23.1 Å². The van der Waals surface area contributed by atoms with Crippen molar-refractivity contribution in [3.05, 3.63) is 23.8 Å². The first-order valence-electron chi connectivity index (χ1n) is 6.50. The Morgan fingerprint density at radius 3 is 2.65 bits per heavy atom. The lowest BCUT2D eigenvalue weighted by Crippen LogP contribution is -2.16. The third-order valence-corrected chi connectivity index (χ3v) is 3.41. The van der Waals surface area contributed by atoms with E-state index in [1.54, 1.807) is 18.9 Å². The SMILES string of the molecule is CCSc1cccc(OCCOCCOC)c1C(=N)N. The van der Waals surface area contributed by atoms with Crippen molar-refractivity contribution in [1.82, 2.24) is 0 Å². The van der Waals surface area contributed by atoms with E-state index in [1.807, 2.05) is 18.2 Å². The van der Waals surface area contributed by atoms with E-state index in [-0.39, 0.29) is 5.84 Å². The quantitative estimate of drug-likeness (QED) is 0.299. The number of benzene rings is 1. The van der Waals surface area contributed by atoms with Crippen molar-refractivity contribution in [2.45, 2.75) is 11.8 Å². The molecule has 1 aromatic carbocycles. The minimum Gasteiger partial charge on any atom is -0.490 e. The fraction of sp³-hybridized carbons (Fsp3) is 0.500. The summed E-state index contributed by atoms with van der Waals surface area (Å²) in [4.78, 5) is 0.970. The van der Waals surface area contributed by atoms with Gasteiger partial charge in [0.15, 0.2) is 0 Å². The lowest BCUT2D eigenvalue weighted by molar-refractivity contribution is 0.0543. The van der Waals surface area contributed by atoms with Gasteiger partial charge in [-0.1, -0.05) is 13.0 Å². The minimum atomic E-state index is 0.0249. The Bertz CT molecular complexity index is 427. The Morgan fingerprint density at radius 1 is 1.25 bits per heavy atom. The first-order chi connectivity index (χ1) is 9.70. The van der Waals surface area contributed by atoms with Gasteiger partial charge in [-0.2, -0.15) is 0 Å². The molecular formula is C14H22N2O3S. The van der Waals surface area contributed by atoms with E-state index in [2.05, 4.69) is 6.92 Å². The van der Waals surface area contributed by atoms with Crippen LogP contribution in [0.25, 0.3) is 0 Å². The van der Waals surface area contributed by atoms with Crippen LogP contribution < -0.4 is 10.5 Å². The number of nitrogen functional groups attached to an aromatic ring is 1. The molecule has 0 saturated heterocycles. The van der Waals surface area contributed by atoms with E-state index in [1.165, 1.54) is 0 Å². The maximum Gasteiger partial charge on any atom is 0.131 e. The summed E-state index contributed by atoms with van der Waals surface area (Å²) in [5.74, 6) is 1.58. The van der Waals surface area contributed by atoms with Crippen molar-refractivity contribution in [1.29, 1.82) is 5.41 Å². The normalized spacial score (nSPS) is 10.5. The fourth-order valence-corrected chi connectivity index (χ4v) is 2.47. The molecule has 0 saturated carbocycles. The first-order valence-corrected chi connectivity index (χ1v) is 7.49. The zero-order valence-electron chi connectivity index (χ0n) is 12.0. The number of hydrogen-bond donors (Lipinski definition) is 2. The number of hydrogen-bond acceptors (Lipinski definition) is 5. The van der Waals surface area contributed by atoms with Crippen LogP contribution in [0.1, 0.15) is 12.5 Å². The van der Waals surface area contributed by atoms with Gasteiger partial charge in [0.05, 0.1) is 25.4 Å². The van der Waals surface area contributed by atoms with Crippen LogP contribution in [0.4, 0.5) is 0 Å². The van der Waals surface area contributed by atoms with Gasteiger partial charge in [0.25, 0.3) is 0 Å². The lowest BCUT2D eigenvalue weighted by atomic mass is 10.2.